The van der Waals surface area contributed by atoms with Gasteiger partial charge in [0.2, 0.25) is 12.5 Å². The molecule has 1 N–H and O–H groups in total. The summed E-state index contributed by atoms with van der Waals surface area (Å²) in [6.07, 6.45) is -1.44. The molecule has 0 aliphatic carbocycles. The van der Waals surface area contributed by atoms with Gasteiger partial charge in [-0.05, 0) is 57.5 Å². The van der Waals surface area contributed by atoms with Gasteiger partial charge in [0.25, 0.3) is 11.6 Å². The number of halogens is 5. The normalized spacial score (nSPS) is 18.1. The molecule has 3 rings (SSSR count). The number of nitrogens with one attached hydrogen (secondary N) is 1. The van der Waals surface area contributed by atoms with Crippen molar-refractivity contribution in [1.29, 1.82) is 0 Å². The van der Waals surface area contributed by atoms with Crippen molar-refractivity contribution in [3.63, 3.8) is 0 Å². The summed E-state index contributed by atoms with van der Waals surface area (Å²) in [5.74, 6) is -2.12. The molecule has 2 aromatic carbocycles. The predicted octanol–water partition coefficient (Wildman–Crippen LogP) is 6.22. The van der Waals surface area contributed by atoms with Crippen LogP contribution in [0.4, 0.5) is 23.2 Å². The molecule has 1 aliphatic rings. The number of alkyl halides is 4. The third-order valence-corrected chi connectivity index (χ3v) is 6.25. The van der Waals surface area contributed by atoms with Crippen LogP contribution in [0.2, 0.25) is 5.02 Å². The van der Waals surface area contributed by atoms with Gasteiger partial charge in [-0.25, -0.2) is 4.39 Å². The molecule has 0 saturated heterocycles. The van der Waals surface area contributed by atoms with E-state index >= 15 is 0 Å². The van der Waals surface area contributed by atoms with Crippen LogP contribution in [0.3, 0.4) is 0 Å². The largest absolute Gasteiger partial charge is 0.573 e. The van der Waals surface area contributed by atoms with E-state index in [9.17, 15) is 32.1 Å². The molecular formula is C27H29ClF4N3O4+. The van der Waals surface area contributed by atoms with E-state index in [1.165, 1.54) is 30.9 Å². The van der Waals surface area contributed by atoms with Gasteiger partial charge >= 0.3 is 6.36 Å². The first-order valence-electron chi connectivity index (χ1n) is 12.2. The van der Waals surface area contributed by atoms with Crippen molar-refractivity contribution in [1.82, 2.24) is 10.2 Å². The number of hydrogen-bond acceptors (Lipinski definition) is 4. The maximum Gasteiger partial charge on any atom is 0.573 e. The Morgan fingerprint density at radius 3 is 2.56 bits per heavy atom. The number of amides is 2. The summed E-state index contributed by atoms with van der Waals surface area (Å²) in [7, 11) is 0. The molecule has 1 heterocycles. The van der Waals surface area contributed by atoms with E-state index in [0.29, 0.717) is 22.7 Å². The lowest BCUT2D eigenvalue weighted by Gasteiger charge is -2.33. The second-order valence-corrected chi connectivity index (χ2v) is 10.3. The highest BCUT2D eigenvalue weighted by Crippen LogP contribution is 2.27. The second kappa shape index (κ2) is 12.1. The lowest BCUT2D eigenvalue weighted by molar-refractivity contribution is -0.463. The first-order chi connectivity index (χ1) is 18.1. The molecule has 0 spiro atoms. The lowest BCUT2D eigenvalue weighted by atomic mass is 9.98. The molecule has 210 valence electrons. The SMILES string of the molecule is C[C@@H]1C/C=C/c2cc(Cl)ccc2[N+](=O)CCN1C(=O)[C@H](CC(C)(C)F)NC(=O)c1cccc(OC(F)(F)F)c1. The third kappa shape index (κ3) is 8.77. The zero-order valence-corrected chi connectivity index (χ0v) is 22.4. The number of rotatable bonds is 6. The van der Waals surface area contributed by atoms with Crippen LogP contribution in [0.25, 0.3) is 6.08 Å². The maximum atomic E-state index is 14.7. The van der Waals surface area contributed by atoms with Gasteiger partial charge in [0.15, 0.2) is 0 Å². The average molecular weight is 571 g/mol. The minimum absolute atomic E-state index is 0.0204. The van der Waals surface area contributed by atoms with E-state index in [0.717, 1.165) is 16.9 Å². The monoisotopic (exact) mass is 570 g/mol. The Morgan fingerprint density at radius 1 is 1.18 bits per heavy atom. The summed E-state index contributed by atoms with van der Waals surface area (Å²) in [5, 5.41) is 2.93. The molecule has 0 unspecified atom stereocenters. The van der Waals surface area contributed by atoms with Crippen LogP contribution in [-0.2, 0) is 4.79 Å². The van der Waals surface area contributed by atoms with Gasteiger partial charge in [-0.3, -0.25) is 9.59 Å². The zero-order valence-electron chi connectivity index (χ0n) is 21.6. The number of benzene rings is 2. The molecule has 7 nitrogen and oxygen atoms in total. The maximum absolute atomic E-state index is 14.7. The summed E-state index contributed by atoms with van der Waals surface area (Å²) in [4.78, 5) is 40.9. The highest BCUT2D eigenvalue weighted by atomic mass is 35.5. The molecule has 0 radical (unpaired) electrons. The number of nitroso groups, excluding NO2 is 1. The minimum atomic E-state index is -4.96. The molecule has 0 saturated carbocycles. The molecule has 39 heavy (non-hydrogen) atoms. The van der Waals surface area contributed by atoms with E-state index < -0.39 is 48.1 Å². The van der Waals surface area contributed by atoms with Gasteiger partial charge in [0.05, 0.1) is 12.1 Å². The fourth-order valence-corrected chi connectivity index (χ4v) is 4.41. The predicted molar refractivity (Wildman–Crippen MR) is 139 cm³/mol. The number of carbonyl (C=O) groups excluding carboxylic acids is 2. The van der Waals surface area contributed by atoms with E-state index in [4.69, 9.17) is 11.6 Å². The van der Waals surface area contributed by atoms with Crippen LogP contribution in [0.5, 0.6) is 5.75 Å². The van der Waals surface area contributed by atoms with E-state index in [-0.39, 0.29) is 18.7 Å². The molecule has 1 aliphatic heterocycles. The van der Waals surface area contributed by atoms with Gasteiger partial charge in [-0.1, -0.05) is 29.8 Å². The number of hydrogen-bond donors (Lipinski definition) is 1. The fourth-order valence-electron chi connectivity index (χ4n) is 4.23. The van der Waals surface area contributed by atoms with Crippen molar-refractivity contribution in [2.45, 2.75) is 57.7 Å². The molecule has 0 bridgehead atoms. The summed E-state index contributed by atoms with van der Waals surface area (Å²) in [6, 6.07) is 7.39. The van der Waals surface area contributed by atoms with Crippen molar-refractivity contribution in [3.05, 3.63) is 69.6 Å². The van der Waals surface area contributed by atoms with Crippen LogP contribution in [-0.4, -0.2) is 58.7 Å². The van der Waals surface area contributed by atoms with Crippen LogP contribution < -0.4 is 10.1 Å². The van der Waals surface area contributed by atoms with Gasteiger partial charge in [0, 0.05) is 38.8 Å². The quantitative estimate of drug-likeness (QED) is 0.330. The van der Waals surface area contributed by atoms with E-state index in [1.807, 2.05) is 0 Å². The van der Waals surface area contributed by atoms with Crippen LogP contribution >= 0.6 is 11.6 Å². The smallest absolute Gasteiger partial charge is 0.406 e. The summed E-state index contributed by atoms with van der Waals surface area (Å²) in [5.41, 5.74) is -1.08. The van der Waals surface area contributed by atoms with Crippen molar-refractivity contribution >= 4 is 35.2 Å². The van der Waals surface area contributed by atoms with E-state index in [2.05, 4.69) is 10.1 Å². The summed E-state index contributed by atoms with van der Waals surface area (Å²) < 4.78 is 57.2. The Hall–Kier alpha value is -3.47. The van der Waals surface area contributed by atoms with Crippen LogP contribution in [0.1, 0.15) is 49.5 Å². The molecule has 2 aromatic rings. The van der Waals surface area contributed by atoms with Crippen molar-refractivity contribution in [3.8, 4) is 5.75 Å². The standard InChI is InChI=1S/C27H28ClF4N3O4/c1-17-6-4-7-18-14-20(28)10-11-23(18)35(38)13-12-34(17)25(37)22(16-26(2,3)29)33-24(36)19-8-5-9-21(15-19)39-27(30,31)32/h4-5,7-11,14-15,17,22H,6,12-13,16H2,1-3H3/p+1/b7-4+/t17-,22+/m1/s1. The molecular weight excluding hydrogens is 542 g/mol. The summed E-state index contributed by atoms with van der Waals surface area (Å²) in [6.45, 7) is 4.12. The number of nitrogens with zero attached hydrogens (tertiary/aromatic N) is 2. The zero-order chi connectivity index (χ0) is 29.0. The minimum Gasteiger partial charge on any atom is -0.406 e. The first kappa shape index (κ1) is 30.1. The van der Waals surface area contributed by atoms with Crippen LogP contribution in [0.15, 0.2) is 48.5 Å². The average Bonchev–Trinajstić information content (AvgIpc) is 2.81. The van der Waals surface area contributed by atoms with Gasteiger partial charge in [-0.2, -0.15) is 0 Å². The molecule has 0 fully saturated rings. The van der Waals surface area contributed by atoms with Crippen molar-refractivity contribution in [2.24, 2.45) is 0 Å². The van der Waals surface area contributed by atoms with Gasteiger partial charge in [-0.15, -0.1) is 13.2 Å². The highest BCUT2D eigenvalue weighted by Gasteiger charge is 2.36. The fraction of sp³-hybridized carbons (Fsp3) is 0.407. The topological polar surface area (TPSA) is 78.7 Å². The van der Waals surface area contributed by atoms with Gasteiger partial charge in [0.1, 0.15) is 17.5 Å². The van der Waals surface area contributed by atoms with E-state index in [1.54, 1.807) is 37.3 Å². The number of ether oxygens (including phenoxy) is 1. The van der Waals surface area contributed by atoms with Gasteiger partial charge < -0.3 is 15.0 Å². The van der Waals surface area contributed by atoms with Crippen molar-refractivity contribution in [2.75, 3.05) is 13.1 Å². The Kier molecular flexibility index (Phi) is 9.37. The first-order valence-corrected chi connectivity index (χ1v) is 12.6. The lowest BCUT2D eigenvalue weighted by Crippen LogP contribution is -2.54. The second-order valence-electron chi connectivity index (χ2n) is 9.85. The number of carbonyl (C=O) groups is 2. The third-order valence-electron chi connectivity index (χ3n) is 6.01. The Labute approximate surface area is 228 Å². The molecule has 2 atom stereocenters. The van der Waals surface area contributed by atoms with Crippen molar-refractivity contribution < 1.29 is 36.6 Å². The Bertz CT molecular complexity index is 1260. The highest BCUT2D eigenvalue weighted by molar-refractivity contribution is 6.30. The Balaban J connectivity index is 1.85. The Morgan fingerprint density at radius 2 is 1.90 bits per heavy atom. The molecule has 2 amide bonds. The molecule has 0 aromatic heterocycles. The molecule has 12 heteroatoms. The van der Waals surface area contributed by atoms with Crippen LogP contribution in [0, 0.1) is 4.91 Å². The summed E-state index contributed by atoms with van der Waals surface area (Å²) >= 11 is 6.07. The number of fused-ring (bicyclic) bond motifs is 1.